The maximum atomic E-state index is 13.4. The van der Waals surface area contributed by atoms with Crippen LogP contribution in [0.1, 0.15) is 62.5 Å². The largest absolute Gasteiger partial charge is 0.458 e. The van der Waals surface area contributed by atoms with E-state index in [2.05, 4.69) is 19.1 Å². The van der Waals surface area contributed by atoms with Gasteiger partial charge in [-0.25, -0.2) is 0 Å². The van der Waals surface area contributed by atoms with E-state index in [-0.39, 0.29) is 0 Å². The highest BCUT2D eigenvalue weighted by molar-refractivity contribution is 5.64. The highest BCUT2D eigenvalue weighted by Gasteiger charge is 2.58. The van der Waals surface area contributed by atoms with Crippen LogP contribution in [0.15, 0.2) is 48.5 Å². The fourth-order valence-electron chi connectivity index (χ4n) is 4.18. The molecule has 1 fully saturated rings. The van der Waals surface area contributed by atoms with Crippen LogP contribution in [0, 0.1) is 5.92 Å². The number of rotatable bonds is 5. The number of benzene rings is 2. The van der Waals surface area contributed by atoms with E-state index >= 15 is 0 Å². The maximum absolute atomic E-state index is 13.4. The van der Waals surface area contributed by atoms with Gasteiger partial charge in [-0.15, -0.1) is 0 Å². The van der Waals surface area contributed by atoms with Crippen molar-refractivity contribution in [2.75, 3.05) is 0 Å². The van der Waals surface area contributed by atoms with E-state index in [4.69, 9.17) is 0 Å². The van der Waals surface area contributed by atoms with E-state index in [9.17, 15) is 22.0 Å². The summed E-state index contributed by atoms with van der Waals surface area (Å²) in [6.45, 7) is 2.22. The Bertz CT molecular complexity index is 751. The molecule has 0 nitrogen and oxygen atoms in total. The van der Waals surface area contributed by atoms with Gasteiger partial charge in [-0.05, 0) is 54.2 Å². The molecule has 0 aliphatic heterocycles. The molecule has 5 heteroatoms. The molecule has 2 aromatic carbocycles. The first-order valence-corrected chi connectivity index (χ1v) is 9.87. The molecule has 3 rings (SSSR count). The molecule has 1 aliphatic carbocycles. The molecular formula is C23H25F5. The van der Waals surface area contributed by atoms with Crippen molar-refractivity contribution in [2.24, 2.45) is 5.92 Å². The van der Waals surface area contributed by atoms with Gasteiger partial charge in [-0.1, -0.05) is 68.3 Å². The van der Waals surface area contributed by atoms with Crippen LogP contribution in [0.25, 0.3) is 11.1 Å². The van der Waals surface area contributed by atoms with Gasteiger partial charge in [0.15, 0.2) is 0 Å². The van der Waals surface area contributed by atoms with E-state index in [0.29, 0.717) is 11.5 Å². The molecule has 1 aliphatic rings. The zero-order valence-electron chi connectivity index (χ0n) is 15.9. The average molecular weight is 396 g/mol. The van der Waals surface area contributed by atoms with Crippen LogP contribution in [0.4, 0.5) is 22.0 Å². The Morgan fingerprint density at radius 3 is 1.71 bits per heavy atom. The van der Waals surface area contributed by atoms with Crippen LogP contribution >= 0.6 is 0 Å². The molecule has 0 atom stereocenters. The van der Waals surface area contributed by atoms with Crippen molar-refractivity contribution >= 4 is 0 Å². The predicted octanol–water partition coefficient (Wildman–Crippen LogP) is 8.08. The average Bonchev–Trinajstić information content (AvgIpc) is 2.68. The zero-order valence-corrected chi connectivity index (χ0v) is 15.9. The summed E-state index contributed by atoms with van der Waals surface area (Å²) >= 11 is 0. The third-order valence-electron chi connectivity index (χ3n) is 5.86. The fourth-order valence-corrected chi connectivity index (χ4v) is 4.18. The zero-order chi connectivity index (χ0) is 20.4. The van der Waals surface area contributed by atoms with Crippen LogP contribution < -0.4 is 0 Å². The van der Waals surface area contributed by atoms with Crippen molar-refractivity contribution in [1.29, 1.82) is 0 Å². The maximum Gasteiger partial charge on any atom is 0.458 e. The van der Waals surface area contributed by atoms with E-state index in [1.54, 1.807) is 0 Å². The quantitative estimate of drug-likeness (QED) is 0.448. The Labute approximate surface area is 162 Å². The molecule has 0 saturated heterocycles. The summed E-state index contributed by atoms with van der Waals surface area (Å²) in [5.41, 5.74) is 1.67. The SMILES string of the molecule is CCCC1CCC(c2ccc(-c3ccc(C(F)(F)C(F)(F)F)cc3)cc2)CC1. The van der Waals surface area contributed by atoms with Gasteiger partial charge in [0.05, 0.1) is 0 Å². The molecule has 0 spiro atoms. The van der Waals surface area contributed by atoms with Crippen molar-refractivity contribution in [3.8, 4) is 11.1 Å². The predicted molar refractivity (Wildman–Crippen MR) is 101 cm³/mol. The van der Waals surface area contributed by atoms with Gasteiger partial charge < -0.3 is 0 Å². The van der Waals surface area contributed by atoms with E-state index < -0.39 is 17.7 Å². The minimum absolute atomic E-state index is 0.551. The molecule has 152 valence electrons. The van der Waals surface area contributed by atoms with Crippen molar-refractivity contribution in [3.63, 3.8) is 0 Å². The Morgan fingerprint density at radius 1 is 0.750 bits per heavy atom. The van der Waals surface area contributed by atoms with Crippen LogP contribution in [-0.2, 0) is 5.92 Å². The standard InChI is InChI=1S/C23H25F5/c1-2-3-16-4-6-17(7-5-16)18-8-10-19(11-9-18)20-12-14-21(15-13-20)22(24,25)23(26,27)28/h8-17H,2-7H2,1H3. The Morgan fingerprint density at radius 2 is 1.25 bits per heavy atom. The molecule has 0 aromatic heterocycles. The lowest BCUT2D eigenvalue weighted by molar-refractivity contribution is -0.289. The van der Waals surface area contributed by atoms with Gasteiger partial charge >= 0.3 is 12.1 Å². The normalized spacial score (nSPS) is 20.9. The third-order valence-corrected chi connectivity index (χ3v) is 5.86. The van der Waals surface area contributed by atoms with Gasteiger partial charge in [0.2, 0.25) is 0 Å². The second kappa shape index (κ2) is 8.22. The molecule has 0 bridgehead atoms. The lowest BCUT2D eigenvalue weighted by atomic mass is 9.77. The monoisotopic (exact) mass is 396 g/mol. The highest BCUT2D eigenvalue weighted by Crippen LogP contribution is 2.44. The van der Waals surface area contributed by atoms with Gasteiger partial charge in [0, 0.05) is 5.56 Å². The number of hydrogen-bond acceptors (Lipinski definition) is 0. The van der Waals surface area contributed by atoms with Crippen LogP contribution in [0.2, 0.25) is 0 Å². The number of halogens is 5. The molecule has 0 unspecified atom stereocenters. The van der Waals surface area contributed by atoms with Gasteiger partial charge in [-0.3, -0.25) is 0 Å². The first-order chi connectivity index (χ1) is 13.2. The van der Waals surface area contributed by atoms with E-state index in [0.717, 1.165) is 23.6 Å². The van der Waals surface area contributed by atoms with E-state index in [1.807, 2.05) is 12.1 Å². The van der Waals surface area contributed by atoms with Crippen molar-refractivity contribution < 1.29 is 22.0 Å². The fraction of sp³-hybridized carbons (Fsp3) is 0.478. The molecular weight excluding hydrogens is 371 g/mol. The van der Waals surface area contributed by atoms with Crippen molar-refractivity contribution in [1.82, 2.24) is 0 Å². The summed E-state index contributed by atoms with van der Waals surface area (Å²) in [6, 6.07) is 12.3. The lowest BCUT2D eigenvalue weighted by Gasteiger charge is -2.28. The molecule has 1 saturated carbocycles. The number of alkyl halides is 5. The summed E-state index contributed by atoms with van der Waals surface area (Å²) in [5, 5.41) is 0. The first kappa shape index (κ1) is 20.8. The summed E-state index contributed by atoms with van der Waals surface area (Å²) in [6.07, 6.45) is 1.83. The molecule has 0 N–H and O–H groups in total. The topological polar surface area (TPSA) is 0 Å². The third kappa shape index (κ3) is 4.39. The first-order valence-electron chi connectivity index (χ1n) is 9.87. The minimum atomic E-state index is -5.59. The van der Waals surface area contributed by atoms with Crippen molar-refractivity contribution in [2.45, 2.75) is 63.5 Å². The van der Waals surface area contributed by atoms with Crippen molar-refractivity contribution in [3.05, 3.63) is 59.7 Å². The molecule has 0 radical (unpaired) electrons. The smallest absolute Gasteiger partial charge is 0.191 e. The molecule has 28 heavy (non-hydrogen) atoms. The highest BCUT2D eigenvalue weighted by atomic mass is 19.4. The van der Waals surface area contributed by atoms with Gasteiger partial charge in [0.25, 0.3) is 0 Å². The molecule has 2 aromatic rings. The minimum Gasteiger partial charge on any atom is -0.191 e. The van der Waals surface area contributed by atoms with Gasteiger partial charge in [0.1, 0.15) is 0 Å². The Hall–Kier alpha value is -1.91. The second-order valence-corrected chi connectivity index (χ2v) is 7.78. The van der Waals surface area contributed by atoms with Crippen LogP contribution in [0.5, 0.6) is 0 Å². The molecule has 0 heterocycles. The Kier molecular flexibility index (Phi) is 6.11. The summed E-state index contributed by atoms with van der Waals surface area (Å²) < 4.78 is 64.3. The van der Waals surface area contributed by atoms with Crippen LogP contribution in [0.3, 0.4) is 0 Å². The summed E-state index contributed by atoms with van der Waals surface area (Å²) in [4.78, 5) is 0. The Balaban J connectivity index is 1.69. The van der Waals surface area contributed by atoms with E-state index in [1.165, 1.54) is 56.2 Å². The summed E-state index contributed by atoms with van der Waals surface area (Å²) in [7, 11) is 0. The summed E-state index contributed by atoms with van der Waals surface area (Å²) in [5.74, 6) is -3.45. The lowest BCUT2D eigenvalue weighted by Crippen LogP contribution is -2.33. The second-order valence-electron chi connectivity index (χ2n) is 7.78. The van der Waals surface area contributed by atoms with Crippen LogP contribution in [-0.4, -0.2) is 6.18 Å². The number of hydrogen-bond donors (Lipinski definition) is 0. The van der Waals surface area contributed by atoms with Gasteiger partial charge in [-0.2, -0.15) is 22.0 Å². The molecule has 0 amide bonds.